The van der Waals surface area contributed by atoms with Gasteiger partial charge in [0.25, 0.3) is 0 Å². The zero-order chi connectivity index (χ0) is 7.56. The molecule has 1 heterocycles. The third kappa shape index (κ3) is 1.50. The van der Waals surface area contributed by atoms with Crippen molar-refractivity contribution in [3.63, 3.8) is 0 Å². The second kappa shape index (κ2) is 3.05. The zero-order valence-corrected chi connectivity index (χ0v) is 7.58. The van der Waals surface area contributed by atoms with E-state index in [0.717, 1.165) is 3.57 Å². The van der Waals surface area contributed by atoms with Crippen LogP contribution in [0.2, 0.25) is 0 Å². The normalized spacial score (nSPS) is 9.40. The lowest BCUT2D eigenvalue weighted by atomic mass is 10.4. The van der Waals surface area contributed by atoms with Crippen LogP contribution in [0.1, 0.15) is 0 Å². The van der Waals surface area contributed by atoms with Crippen molar-refractivity contribution in [3.8, 4) is 5.75 Å². The molecule has 1 rings (SSSR count). The van der Waals surface area contributed by atoms with Gasteiger partial charge < -0.3 is 10.4 Å². The van der Waals surface area contributed by atoms with Crippen LogP contribution in [-0.4, -0.2) is 17.1 Å². The van der Waals surface area contributed by atoms with E-state index in [4.69, 9.17) is 5.11 Å². The molecule has 54 valence electrons. The molecule has 0 saturated heterocycles. The maximum Gasteiger partial charge on any atom is 0.134 e. The van der Waals surface area contributed by atoms with Gasteiger partial charge >= 0.3 is 0 Å². The molecule has 0 aliphatic rings. The van der Waals surface area contributed by atoms with Crippen LogP contribution in [0.3, 0.4) is 0 Å². The molecule has 0 aliphatic heterocycles. The summed E-state index contributed by atoms with van der Waals surface area (Å²) in [6.07, 6.45) is 1.61. The van der Waals surface area contributed by atoms with Crippen LogP contribution < -0.4 is 5.32 Å². The maximum atomic E-state index is 9.14. The lowest BCUT2D eigenvalue weighted by Crippen LogP contribution is -1.91. The Kier molecular flexibility index (Phi) is 2.31. The Morgan fingerprint density at radius 1 is 1.70 bits per heavy atom. The zero-order valence-electron chi connectivity index (χ0n) is 5.43. The fourth-order valence-electron chi connectivity index (χ4n) is 0.565. The van der Waals surface area contributed by atoms with E-state index in [1.807, 2.05) is 22.6 Å². The number of hydrogen-bond donors (Lipinski definition) is 2. The molecule has 1 aromatic heterocycles. The molecular weight excluding hydrogens is 243 g/mol. The van der Waals surface area contributed by atoms with Gasteiger partial charge in [-0.3, -0.25) is 0 Å². The van der Waals surface area contributed by atoms with Crippen LogP contribution in [0.4, 0.5) is 5.82 Å². The average molecular weight is 250 g/mol. The Morgan fingerprint density at radius 3 is 2.90 bits per heavy atom. The number of halogens is 1. The number of aromatic nitrogens is 1. The fourth-order valence-corrected chi connectivity index (χ4v) is 0.860. The Labute approximate surface area is 72.6 Å². The highest BCUT2D eigenvalue weighted by molar-refractivity contribution is 14.1. The lowest BCUT2D eigenvalue weighted by molar-refractivity contribution is 0.471. The first kappa shape index (κ1) is 7.59. The van der Waals surface area contributed by atoms with Gasteiger partial charge in [-0.25, -0.2) is 4.98 Å². The van der Waals surface area contributed by atoms with Gasteiger partial charge in [0.2, 0.25) is 0 Å². The largest absolute Gasteiger partial charge is 0.507 e. The van der Waals surface area contributed by atoms with Gasteiger partial charge in [0, 0.05) is 19.3 Å². The summed E-state index contributed by atoms with van der Waals surface area (Å²) in [6.45, 7) is 0. The first-order chi connectivity index (χ1) is 4.74. The minimum atomic E-state index is 0.264. The Balaban J connectivity index is 3.04. The van der Waals surface area contributed by atoms with Gasteiger partial charge in [0.05, 0.1) is 3.57 Å². The van der Waals surface area contributed by atoms with E-state index < -0.39 is 0 Å². The van der Waals surface area contributed by atoms with Crippen LogP contribution in [0, 0.1) is 3.57 Å². The van der Waals surface area contributed by atoms with Gasteiger partial charge in [-0.05, 0) is 22.6 Å². The van der Waals surface area contributed by atoms with Crippen molar-refractivity contribution in [2.45, 2.75) is 0 Å². The smallest absolute Gasteiger partial charge is 0.134 e. The summed E-state index contributed by atoms with van der Waals surface area (Å²) in [7, 11) is 1.76. The van der Waals surface area contributed by atoms with Gasteiger partial charge in [-0.1, -0.05) is 0 Å². The summed E-state index contributed by atoms with van der Waals surface area (Å²) in [5, 5.41) is 12.0. The van der Waals surface area contributed by atoms with Crippen LogP contribution >= 0.6 is 22.6 Å². The van der Waals surface area contributed by atoms with E-state index in [-0.39, 0.29) is 5.75 Å². The molecule has 0 amide bonds. The van der Waals surface area contributed by atoms with Crippen LogP contribution in [0.15, 0.2) is 12.3 Å². The molecule has 1 aromatic rings. The Bertz CT molecular complexity index is 239. The van der Waals surface area contributed by atoms with Crippen LogP contribution in [-0.2, 0) is 0 Å². The van der Waals surface area contributed by atoms with E-state index in [1.54, 1.807) is 19.3 Å². The van der Waals surface area contributed by atoms with Crippen molar-refractivity contribution in [1.82, 2.24) is 4.98 Å². The summed E-state index contributed by atoms with van der Waals surface area (Å²) in [6, 6.07) is 1.59. The molecule has 2 N–H and O–H groups in total. The second-order valence-corrected chi connectivity index (χ2v) is 2.93. The van der Waals surface area contributed by atoms with Crippen LogP contribution in [0.5, 0.6) is 5.75 Å². The Morgan fingerprint density at radius 2 is 2.40 bits per heavy atom. The topological polar surface area (TPSA) is 45.1 Å². The molecule has 0 unspecified atom stereocenters. The van der Waals surface area contributed by atoms with E-state index in [0.29, 0.717) is 5.82 Å². The van der Waals surface area contributed by atoms with E-state index in [9.17, 15) is 0 Å². The standard InChI is InChI=1S/C6H7IN2O/c1-8-6-2-5(10)4(7)3-9-6/h2-3H,1H3,(H2,8,9,10). The molecule has 3 nitrogen and oxygen atoms in total. The minimum Gasteiger partial charge on any atom is -0.507 e. The molecule has 0 aliphatic carbocycles. The minimum absolute atomic E-state index is 0.264. The number of pyridine rings is 1. The molecule has 0 atom stereocenters. The number of hydrogen-bond acceptors (Lipinski definition) is 3. The molecular formula is C6H7IN2O. The predicted molar refractivity (Wildman–Crippen MR) is 48.2 cm³/mol. The number of nitrogens with zero attached hydrogens (tertiary/aromatic N) is 1. The fraction of sp³-hybridized carbons (Fsp3) is 0.167. The summed E-state index contributed by atoms with van der Waals surface area (Å²) >= 11 is 2.02. The summed E-state index contributed by atoms with van der Waals surface area (Å²) in [4.78, 5) is 3.98. The van der Waals surface area contributed by atoms with E-state index >= 15 is 0 Å². The lowest BCUT2D eigenvalue weighted by Gasteiger charge is -1.99. The Hall–Kier alpha value is -0.520. The van der Waals surface area contributed by atoms with Crippen molar-refractivity contribution in [2.24, 2.45) is 0 Å². The molecule has 0 saturated carbocycles. The number of rotatable bonds is 1. The first-order valence-corrected chi connectivity index (χ1v) is 3.84. The van der Waals surface area contributed by atoms with Gasteiger partial charge in [-0.15, -0.1) is 0 Å². The van der Waals surface area contributed by atoms with E-state index in [2.05, 4.69) is 10.3 Å². The summed E-state index contributed by atoms with van der Waals surface area (Å²) in [5.74, 6) is 0.942. The number of aromatic hydroxyl groups is 1. The molecule has 0 bridgehead atoms. The molecule has 4 heteroatoms. The quantitative estimate of drug-likeness (QED) is 0.741. The molecule has 0 spiro atoms. The summed E-state index contributed by atoms with van der Waals surface area (Å²) in [5.41, 5.74) is 0. The highest BCUT2D eigenvalue weighted by Gasteiger charge is 1.97. The highest BCUT2D eigenvalue weighted by Crippen LogP contribution is 2.20. The van der Waals surface area contributed by atoms with Crippen LogP contribution in [0.25, 0.3) is 0 Å². The monoisotopic (exact) mass is 250 g/mol. The van der Waals surface area contributed by atoms with Gasteiger partial charge in [0.1, 0.15) is 11.6 Å². The third-order valence-corrected chi connectivity index (χ3v) is 1.92. The number of nitrogens with one attached hydrogen (secondary N) is 1. The first-order valence-electron chi connectivity index (χ1n) is 2.76. The number of anilines is 1. The molecule has 0 aromatic carbocycles. The van der Waals surface area contributed by atoms with Crippen molar-refractivity contribution < 1.29 is 5.11 Å². The second-order valence-electron chi connectivity index (χ2n) is 1.77. The molecule has 0 fully saturated rings. The summed E-state index contributed by atoms with van der Waals surface area (Å²) < 4.78 is 0.761. The van der Waals surface area contributed by atoms with Crippen molar-refractivity contribution >= 4 is 28.4 Å². The maximum absolute atomic E-state index is 9.14. The van der Waals surface area contributed by atoms with Crippen molar-refractivity contribution in [1.29, 1.82) is 0 Å². The van der Waals surface area contributed by atoms with Gasteiger partial charge in [0.15, 0.2) is 0 Å². The van der Waals surface area contributed by atoms with E-state index in [1.165, 1.54) is 0 Å². The van der Waals surface area contributed by atoms with Gasteiger partial charge in [-0.2, -0.15) is 0 Å². The highest BCUT2D eigenvalue weighted by atomic mass is 127. The van der Waals surface area contributed by atoms with Crippen molar-refractivity contribution in [2.75, 3.05) is 12.4 Å². The molecule has 10 heavy (non-hydrogen) atoms. The third-order valence-electron chi connectivity index (χ3n) is 1.09. The average Bonchev–Trinajstić information content (AvgIpc) is 1.95. The predicted octanol–water partition coefficient (Wildman–Crippen LogP) is 1.43. The SMILES string of the molecule is CNc1cc(O)c(I)cn1. The molecule has 0 radical (unpaired) electrons. The van der Waals surface area contributed by atoms with Crippen molar-refractivity contribution in [3.05, 3.63) is 15.8 Å².